The fraction of sp³-hybridized carbons (Fsp3) is 0.217. The third-order valence-corrected chi connectivity index (χ3v) is 6.74. The standard InChI is InChI=1S/C23H21Cl2N3O2S/c24-18-5-1-15(2-6-18)21(29)20-17(14-31-22(20)26)13-27-9-11-28(12-10-27)23(30)16-3-7-19(25)8-4-16/h1-8,14H,9-13,26H2. The van der Waals surface area contributed by atoms with Crippen LogP contribution in [-0.4, -0.2) is 47.7 Å². The van der Waals surface area contributed by atoms with Crippen LogP contribution in [0.25, 0.3) is 0 Å². The zero-order valence-electron chi connectivity index (χ0n) is 16.7. The predicted molar refractivity (Wildman–Crippen MR) is 126 cm³/mol. The maximum Gasteiger partial charge on any atom is 0.253 e. The van der Waals surface area contributed by atoms with Crippen LogP contribution >= 0.6 is 34.5 Å². The number of nitrogens with two attached hydrogens (primary N) is 1. The molecular weight excluding hydrogens is 453 g/mol. The smallest absolute Gasteiger partial charge is 0.253 e. The Kier molecular flexibility index (Phi) is 6.62. The van der Waals surface area contributed by atoms with Crippen LogP contribution in [0.15, 0.2) is 53.9 Å². The lowest BCUT2D eigenvalue weighted by Gasteiger charge is -2.34. The number of hydrogen-bond donors (Lipinski definition) is 1. The van der Waals surface area contributed by atoms with Crippen molar-refractivity contribution in [1.82, 2.24) is 9.80 Å². The molecule has 0 unspecified atom stereocenters. The van der Waals surface area contributed by atoms with E-state index in [1.807, 2.05) is 10.3 Å². The van der Waals surface area contributed by atoms with Crippen molar-refractivity contribution in [2.75, 3.05) is 31.9 Å². The number of benzene rings is 2. The molecule has 2 aromatic carbocycles. The van der Waals surface area contributed by atoms with Crippen molar-refractivity contribution in [3.8, 4) is 0 Å². The van der Waals surface area contributed by atoms with E-state index in [1.165, 1.54) is 11.3 Å². The molecule has 0 saturated carbocycles. The molecule has 1 saturated heterocycles. The first kappa shape index (κ1) is 21.8. The minimum absolute atomic E-state index is 0.00898. The molecule has 2 N–H and O–H groups in total. The first-order valence-electron chi connectivity index (χ1n) is 9.85. The van der Waals surface area contributed by atoms with Gasteiger partial charge < -0.3 is 10.6 Å². The van der Waals surface area contributed by atoms with Gasteiger partial charge in [-0.05, 0) is 59.5 Å². The highest BCUT2D eigenvalue weighted by Crippen LogP contribution is 2.29. The molecule has 4 rings (SSSR count). The van der Waals surface area contributed by atoms with Gasteiger partial charge in [-0.1, -0.05) is 23.2 Å². The van der Waals surface area contributed by atoms with E-state index < -0.39 is 0 Å². The van der Waals surface area contributed by atoms with Gasteiger partial charge in [0, 0.05) is 53.9 Å². The minimum atomic E-state index is -0.0954. The van der Waals surface area contributed by atoms with Crippen LogP contribution in [-0.2, 0) is 6.54 Å². The maximum atomic E-state index is 13.0. The highest BCUT2D eigenvalue weighted by molar-refractivity contribution is 7.14. The van der Waals surface area contributed by atoms with E-state index in [0.29, 0.717) is 51.4 Å². The Labute approximate surface area is 195 Å². The second kappa shape index (κ2) is 9.40. The Hall–Kier alpha value is -2.38. The molecule has 8 heteroatoms. The van der Waals surface area contributed by atoms with E-state index in [-0.39, 0.29) is 11.7 Å². The van der Waals surface area contributed by atoms with Crippen LogP contribution in [0.5, 0.6) is 0 Å². The average molecular weight is 474 g/mol. The number of carbonyl (C=O) groups excluding carboxylic acids is 2. The molecular formula is C23H21Cl2N3O2S. The number of carbonyl (C=O) groups is 2. The summed E-state index contributed by atoms with van der Waals surface area (Å²) >= 11 is 13.2. The van der Waals surface area contributed by atoms with Crippen molar-refractivity contribution in [1.29, 1.82) is 0 Å². The fourth-order valence-corrected chi connectivity index (χ4v) is 4.71. The van der Waals surface area contributed by atoms with Crippen molar-refractivity contribution in [2.45, 2.75) is 6.54 Å². The Bertz CT molecular complexity index is 1090. The number of piperazine rings is 1. The molecule has 160 valence electrons. The van der Waals surface area contributed by atoms with E-state index >= 15 is 0 Å². The lowest BCUT2D eigenvalue weighted by Crippen LogP contribution is -2.48. The second-order valence-electron chi connectivity index (χ2n) is 7.41. The predicted octanol–water partition coefficient (Wildman–Crippen LogP) is 4.83. The number of halogens is 2. The molecule has 1 aliphatic heterocycles. The monoisotopic (exact) mass is 473 g/mol. The second-order valence-corrected chi connectivity index (χ2v) is 9.20. The lowest BCUT2D eigenvalue weighted by molar-refractivity contribution is 0.0628. The van der Waals surface area contributed by atoms with Gasteiger partial charge in [0.15, 0.2) is 5.78 Å². The number of rotatable bonds is 5. The zero-order valence-corrected chi connectivity index (χ0v) is 19.0. The van der Waals surface area contributed by atoms with Gasteiger partial charge in [-0.25, -0.2) is 0 Å². The Balaban J connectivity index is 1.41. The summed E-state index contributed by atoms with van der Waals surface area (Å²) in [6.07, 6.45) is 0. The van der Waals surface area contributed by atoms with Crippen LogP contribution < -0.4 is 5.73 Å². The van der Waals surface area contributed by atoms with Crippen molar-refractivity contribution in [2.24, 2.45) is 0 Å². The van der Waals surface area contributed by atoms with Crippen molar-refractivity contribution < 1.29 is 9.59 Å². The molecule has 3 aromatic rings. The van der Waals surface area contributed by atoms with Gasteiger partial charge in [0.05, 0.1) is 10.6 Å². The van der Waals surface area contributed by atoms with E-state index in [1.54, 1.807) is 48.5 Å². The molecule has 1 amide bonds. The van der Waals surface area contributed by atoms with Crippen molar-refractivity contribution in [3.63, 3.8) is 0 Å². The van der Waals surface area contributed by atoms with Gasteiger partial charge >= 0.3 is 0 Å². The average Bonchev–Trinajstić information content (AvgIpc) is 3.14. The molecule has 0 spiro atoms. The minimum Gasteiger partial charge on any atom is -0.390 e. The summed E-state index contributed by atoms with van der Waals surface area (Å²) in [5.74, 6) is -0.0864. The van der Waals surface area contributed by atoms with E-state index in [2.05, 4.69) is 4.90 Å². The van der Waals surface area contributed by atoms with Gasteiger partial charge in [-0.2, -0.15) is 0 Å². The number of anilines is 1. The molecule has 0 atom stereocenters. The van der Waals surface area contributed by atoms with Gasteiger partial charge in [0.2, 0.25) is 0 Å². The van der Waals surface area contributed by atoms with E-state index in [9.17, 15) is 9.59 Å². The number of hydrogen-bond acceptors (Lipinski definition) is 5. The summed E-state index contributed by atoms with van der Waals surface area (Å²) in [5, 5.41) is 3.66. The number of nitrogen functional groups attached to an aromatic ring is 1. The Morgan fingerprint density at radius 2 is 1.42 bits per heavy atom. The van der Waals surface area contributed by atoms with Crippen molar-refractivity contribution in [3.05, 3.63) is 86.2 Å². The molecule has 2 heterocycles. The van der Waals surface area contributed by atoms with Crippen LogP contribution in [0.2, 0.25) is 10.0 Å². The first-order valence-corrected chi connectivity index (χ1v) is 11.5. The van der Waals surface area contributed by atoms with Gasteiger partial charge in [0.1, 0.15) is 0 Å². The number of nitrogens with zero attached hydrogens (tertiary/aromatic N) is 2. The number of ketones is 1. The maximum absolute atomic E-state index is 13.0. The quantitative estimate of drug-likeness (QED) is 0.539. The largest absolute Gasteiger partial charge is 0.390 e. The topological polar surface area (TPSA) is 66.6 Å². The fourth-order valence-electron chi connectivity index (χ4n) is 3.66. The van der Waals surface area contributed by atoms with E-state index in [0.717, 1.165) is 18.7 Å². The summed E-state index contributed by atoms with van der Waals surface area (Å²) in [4.78, 5) is 29.8. The van der Waals surface area contributed by atoms with Crippen LogP contribution in [0.4, 0.5) is 5.00 Å². The molecule has 1 aromatic heterocycles. The summed E-state index contributed by atoms with van der Waals surface area (Å²) in [7, 11) is 0. The molecule has 31 heavy (non-hydrogen) atoms. The van der Waals surface area contributed by atoms with Gasteiger partial charge in [-0.15, -0.1) is 11.3 Å². The Morgan fingerprint density at radius 1 is 0.871 bits per heavy atom. The third-order valence-electron chi connectivity index (χ3n) is 5.37. The Morgan fingerprint density at radius 3 is 2.00 bits per heavy atom. The first-order chi connectivity index (χ1) is 14.9. The van der Waals surface area contributed by atoms with Crippen LogP contribution in [0.1, 0.15) is 31.8 Å². The zero-order chi connectivity index (χ0) is 22.0. The van der Waals surface area contributed by atoms with Crippen molar-refractivity contribution >= 4 is 51.2 Å². The highest BCUT2D eigenvalue weighted by atomic mass is 35.5. The molecule has 1 aliphatic rings. The molecule has 0 aliphatic carbocycles. The number of amides is 1. The molecule has 5 nitrogen and oxygen atoms in total. The number of thiophene rings is 1. The molecule has 0 bridgehead atoms. The van der Waals surface area contributed by atoms with Gasteiger partial charge in [0.25, 0.3) is 5.91 Å². The normalized spacial score (nSPS) is 14.6. The summed E-state index contributed by atoms with van der Waals surface area (Å²) < 4.78 is 0. The van der Waals surface area contributed by atoms with Crippen LogP contribution in [0, 0.1) is 0 Å². The SMILES string of the molecule is Nc1scc(CN2CCN(C(=O)c3ccc(Cl)cc3)CC2)c1C(=O)c1ccc(Cl)cc1. The summed E-state index contributed by atoms with van der Waals surface area (Å²) in [5.41, 5.74) is 8.82. The molecule has 1 fully saturated rings. The van der Waals surface area contributed by atoms with Gasteiger partial charge in [-0.3, -0.25) is 14.5 Å². The lowest BCUT2D eigenvalue weighted by atomic mass is 10.0. The third kappa shape index (κ3) is 4.93. The summed E-state index contributed by atoms with van der Waals surface area (Å²) in [6, 6.07) is 13.8. The van der Waals surface area contributed by atoms with E-state index in [4.69, 9.17) is 28.9 Å². The van der Waals surface area contributed by atoms with Crippen LogP contribution in [0.3, 0.4) is 0 Å². The summed E-state index contributed by atoms with van der Waals surface area (Å²) in [6.45, 7) is 3.32. The molecule has 0 radical (unpaired) electrons. The highest BCUT2D eigenvalue weighted by Gasteiger charge is 2.25.